The smallest absolute Gasteiger partial charge is 0.240 e. The molecule has 0 amide bonds. The molecule has 0 saturated heterocycles. The molecular formula is C17H20ClNO4S. The predicted octanol–water partition coefficient (Wildman–Crippen LogP) is 3.32. The number of nitrogens with one attached hydrogen (secondary N) is 1. The van der Waals surface area contributed by atoms with Crippen LogP contribution in [0.5, 0.6) is 11.5 Å². The standard InChI is InChI=1S/C17H20ClNO4S/c1-12-10-17(13(2)9-16(12)22-3)24(20,21)19-7-8-23-15-6-4-5-14(18)11-15/h4-6,9-11,19H,7-8H2,1-3H3. The molecule has 0 bridgehead atoms. The Morgan fingerprint density at radius 2 is 1.88 bits per heavy atom. The lowest BCUT2D eigenvalue weighted by molar-refractivity contribution is 0.323. The lowest BCUT2D eigenvalue weighted by atomic mass is 10.1. The average molecular weight is 370 g/mol. The van der Waals surface area contributed by atoms with Gasteiger partial charge >= 0.3 is 0 Å². The van der Waals surface area contributed by atoms with E-state index in [1.54, 1.807) is 57.4 Å². The van der Waals surface area contributed by atoms with E-state index in [4.69, 9.17) is 21.1 Å². The Balaban J connectivity index is 2.00. The van der Waals surface area contributed by atoms with Crippen LogP contribution in [0.3, 0.4) is 0 Å². The maximum absolute atomic E-state index is 12.4. The molecule has 5 nitrogen and oxygen atoms in total. The van der Waals surface area contributed by atoms with E-state index in [9.17, 15) is 8.42 Å². The zero-order valence-corrected chi connectivity index (χ0v) is 15.4. The minimum atomic E-state index is -3.61. The Morgan fingerprint density at radius 1 is 1.12 bits per heavy atom. The van der Waals surface area contributed by atoms with Gasteiger partial charge in [-0.15, -0.1) is 0 Å². The maximum atomic E-state index is 12.4. The third-order valence-corrected chi connectivity index (χ3v) is 5.28. The fraction of sp³-hybridized carbons (Fsp3) is 0.294. The Kier molecular flexibility index (Phi) is 6.10. The lowest BCUT2D eigenvalue weighted by Gasteiger charge is -2.13. The maximum Gasteiger partial charge on any atom is 0.240 e. The highest BCUT2D eigenvalue weighted by atomic mass is 35.5. The number of rotatable bonds is 7. The number of aryl methyl sites for hydroxylation is 2. The Bertz CT molecular complexity index is 821. The summed E-state index contributed by atoms with van der Waals surface area (Å²) in [5, 5.41) is 0.567. The molecule has 0 atom stereocenters. The molecule has 7 heteroatoms. The fourth-order valence-electron chi connectivity index (χ4n) is 2.25. The molecule has 2 rings (SSSR count). The number of sulfonamides is 1. The zero-order valence-electron chi connectivity index (χ0n) is 13.8. The first-order chi connectivity index (χ1) is 11.3. The first-order valence-corrected chi connectivity index (χ1v) is 9.23. The Hall–Kier alpha value is -1.76. The van der Waals surface area contributed by atoms with E-state index >= 15 is 0 Å². The molecule has 0 fully saturated rings. The van der Waals surface area contributed by atoms with Crippen molar-refractivity contribution in [1.82, 2.24) is 4.72 Å². The van der Waals surface area contributed by atoms with Crippen molar-refractivity contribution in [1.29, 1.82) is 0 Å². The van der Waals surface area contributed by atoms with Gasteiger partial charge in [-0.05, 0) is 55.3 Å². The Morgan fingerprint density at radius 3 is 2.54 bits per heavy atom. The number of hydrogen-bond donors (Lipinski definition) is 1. The van der Waals surface area contributed by atoms with Crippen LogP contribution in [0, 0.1) is 13.8 Å². The normalized spacial score (nSPS) is 11.3. The van der Waals surface area contributed by atoms with Crippen LogP contribution in [0.4, 0.5) is 0 Å². The second-order valence-electron chi connectivity index (χ2n) is 5.29. The van der Waals surface area contributed by atoms with Crippen LogP contribution >= 0.6 is 11.6 Å². The average Bonchev–Trinajstić information content (AvgIpc) is 2.53. The van der Waals surface area contributed by atoms with Gasteiger partial charge in [0.25, 0.3) is 0 Å². The summed E-state index contributed by atoms with van der Waals surface area (Å²) < 4.78 is 38.1. The molecule has 0 aliphatic heterocycles. The van der Waals surface area contributed by atoms with Crippen molar-refractivity contribution in [3.63, 3.8) is 0 Å². The van der Waals surface area contributed by atoms with E-state index in [2.05, 4.69) is 4.72 Å². The first kappa shape index (κ1) is 18.6. The number of halogens is 1. The van der Waals surface area contributed by atoms with Gasteiger partial charge in [0, 0.05) is 11.6 Å². The topological polar surface area (TPSA) is 64.6 Å². The van der Waals surface area contributed by atoms with E-state index in [-0.39, 0.29) is 18.0 Å². The van der Waals surface area contributed by atoms with Gasteiger partial charge in [-0.25, -0.2) is 13.1 Å². The molecule has 0 aromatic heterocycles. The van der Waals surface area contributed by atoms with Gasteiger partial charge in [-0.1, -0.05) is 17.7 Å². The Labute approximate surface area is 147 Å². The van der Waals surface area contributed by atoms with E-state index in [1.807, 2.05) is 0 Å². The van der Waals surface area contributed by atoms with Crippen molar-refractivity contribution in [3.05, 3.63) is 52.5 Å². The SMILES string of the molecule is COc1cc(C)c(S(=O)(=O)NCCOc2cccc(Cl)c2)cc1C. The molecule has 0 radical (unpaired) electrons. The highest BCUT2D eigenvalue weighted by molar-refractivity contribution is 7.89. The van der Waals surface area contributed by atoms with Crippen molar-refractivity contribution in [3.8, 4) is 11.5 Å². The van der Waals surface area contributed by atoms with Gasteiger partial charge in [-0.2, -0.15) is 0 Å². The van der Waals surface area contributed by atoms with Crippen LogP contribution in [0.25, 0.3) is 0 Å². The molecule has 2 aromatic rings. The molecule has 0 spiro atoms. The minimum Gasteiger partial charge on any atom is -0.496 e. The van der Waals surface area contributed by atoms with Gasteiger partial charge in [0.15, 0.2) is 0 Å². The third-order valence-electron chi connectivity index (χ3n) is 3.44. The summed E-state index contributed by atoms with van der Waals surface area (Å²) >= 11 is 5.87. The summed E-state index contributed by atoms with van der Waals surface area (Å²) in [5.74, 6) is 1.26. The van der Waals surface area contributed by atoms with Crippen LogP contribution in [-0.4, -0.2) is 28.7 Å². The van der Waals surface area contributed by atoms with Crippen molar-refractivity contribution in [2.75, 3.05) is 20.3 Å². The predicted molar refractivity (Wildman–Crippen MR) is 94.6 cm³/mol. The molecule has 2 aromatic carbocycles. The number of ether oxygens (including phenoxy) is 2. The molecule has 24 heavy (non-hydrogen) atoms. The molecule has 1 N–H and O–H groups in total. The summed E-state index contributed by atoms with van der Waals surface area (Å²) in [5.41, 5.74) is 1.39. The largest absolute Gasteiger partial charge is 0.496 e. The van der Waals surface area contributed by atoms with Crippen molar-refractivity contribution in [2.24, 2.45) is 0 Å². The first-order valence-electron chi connectivity index (χ1n) is 7.37. The van der Waals surface area contributed by atoms with E-state index in [0.29, 0.717) is 22.1 Å². The second-order valence-corrected chi connectivity index (χ2v) is 7.46. The highest BCUT2D eigenvalue weighted by Crippen LogP contribution is 2.25. The monoisotopic (exact) mass is 369 g/mol. The molecular weight excluding hydrogens is 350 g/mol. The van der Waals surface area contributed by atoms with Crippen molar-refractivity contribution < 1.29 is 17.9 Å². The second kappa shape index (κ2) is 7.88. The molecule has 0 aliphatic carbocycles. The van der Waals surface area contributed by atoms with Crippen LogP contribution in [0.1, 0.15) is 11.1 Å². The number of methoxy groups -OCH3 is 1. The van der Waals surface area contributed by atoms with Crippen molar-refractivity contribution in [2.45, 2.75) is 18.7 Å². The third kappa shape index (κ3) is 4.63. The summed E-state index contributed by atoms with van der Waals surface area (Å²) in [6.07, 6.45) is 0. The zero-order chi connectivity index (χ0) is 17.7. The highest BCUT2D eigenvalue weighted by Gasteiger charge is 2.18. The number of hydrogen-bond acceptors (Lipinski definition) is 4. The van der Waals surface area contributed by atoms with Crippen LogP contribution in [0.2, 0.25) is 5.02 Å². The van der Waals surface area contributed by atoms with E-state index in [1.165, 1.54) is 0 Å². The van der Waals surface area contributed by atoms with Crippen molar-refractivity contribution >= 4 is 21.6 Å². The van der Waals surface area contributed by atoms with Gasteiger partial charge in [0.05, 0.1) is 12.0 Å². The molecule has 0 unspecified atom stereocenters. The van der Waals surface area contributed by atoms with Gasteiger partial charge in [0.2, 0.25) is 10.0 Å². The summed E-state index contributed by atoms with van der Waals surface area (Å²) in [6.45, 7) is 3.89. The summed E-state index contributed by atoms with van der Waals surface area (Å²) in [7, 11) is -2.06. The summed E-state index contributed by atoms with van der Waals surface area (Å²) in [4.78, 5) is 0.239. The molecule has 0 aliphatic rings. The van der Waals surface area contributed by atoms with Gasteiger partial charge in [0.1, 0.15) is 18.1 Å². The van der Waals surface area contributed by atoms with E-state index < -0.39 is 10.0 Å². The molecule has 0 saturated carbocycles. The van der Waals surface area contributed by atoms with Crippen LogP contribution in [-0.2, 0) is 10.0 Å². The fourth-order valence-corrected chi connectivity index (χ4v) is 3.75. The van der Waals surface area contributed by atoms with Crippen LogP contribution < -0.4 is 14.2 Å². The van der Waals surface area contributed by atoms with Gasteiger partial charge < -0.3 is 9.47 Å². The number of benzene rings is 2. The lowest BCUT2D eigenvalue weighted by Crippen LogP contribution is -2.29. The van der Waals surface area contributed by atoms with Crippen LogP contribution in [0.15, 0.2) is 41.3 Å². The van der Waals surface area contributed by atoms with E-state index in [0.717, 1.165) is 5.56 Å². The summed E-state index contributed by atoms with van der Waals surface area (Å²) in [6, 6.07) is 10.3. The quantitative estimate of drug-likeness (QED) is 0.760. The minimum absolute atomic E-state index is 0.152. The molecule has 0 heterocycles. The van der Waals surface area contributed by atoms with Gasteiger partial charge in [-0.3, -0.25) is 0 Å². The molecule has 130 valence electrons.